The van der Waals surface area contributed by atoms with Gasteiger partial charge in [-0.15, -0.1) is 0 Å². The summed E-state index contributed by atoms with van der Waals surface area (Å²) < 4.78 is 0.935. The van der Waals surface area contributed by atoms with Gasteiger partial charge in [-0.05, 0) is 30.2 Å². The molecule has 0 fully saturated rings. The number of hydrogen-bond acceptors (Lipinski definition) is 3. The van der Waals surface area contributed by atoms with Crippen LogP contribution in [0, 0.1) is 6.92 Å². The largest absolute Gasteiger partial charge is 0.481 e. The van der Waals surface area contributed by atoms with Gasteiger partial charge in [0.25, 0.3) is 0 Å². The molecule has 1 heterocycles. The number of benzene rings is 1. The van der Waals surface area contributed by atoms with Crippen molar-refractivity contribution in [1.29, 1.82) is 0 Å². The van der Waals surface area contributed by atoms with Gasteiger partial charge < -0.3 is 10.4 Å². The quantitative estimate of drug-likeness (QED) is 0.757. The third kappa shape index (κ3) is 3.91. The van der Waals surface area contributed by atoms with Crippen LogP contribution >= 0.6 is 15.9 Å². The van der Waals surface area contributed by atoms with Crippen molar-refractivity contribution < 1.29 is 9.90 Å². The molecule has 1 aromatic heterocycles. The fourth-order valence-electron chi connectivity index (χ4n) is 1.98. The first-order valence-electron chi connectivity index (χ1n) is 6.25. The second-order valence-electron chi connectivity index (χ2n) is 4.62. The van der Waals surface area contributed by atoms with Crippen molar-refractivity contribution in [3.8, 4) is 0 Å². The first-order chi connectivity index (χ1) is 9.56. The molecule has 106 valence electrons. The molecule has 0 aliphatic carbocycles. The van der Waals surface area contributed by atoms with Gasteiger partial charge in [-0.25, -0.2) is 0 Å². The van der Waals surface area contributed by atoms with Crippen LogP contribution in [0.2, 0.25) is 0 Å². The zero-order valence-corrected chi connectivity index (χ0v) is 12.6. The Morgan fingerprint density at radius 1 is 1.55 bits per heavy atom. The number of halogens is 1. The summed E-state index contributed by atoms with van der Waals surface area (Å²) in [6.45, 7) is 2.52. The summed E-state index contributed by atoms with van der Waals surface area (Å²) >= 11 is 3.41. The first kappa shape index (κ1) is 14.7. The second kappa shape index (κ2) is 6.67. The van der Waals surface area contributed by atoms with E-state index >= 15 is 0 Å². The normalized spacial score (nSPS) is 12.3. The minimum Gasteiger partial charge on any atom is -0.481 e. The lowest BCUT2D eigenvalue weighted by Gasteiger charge is -2.17. The summed E-state index contributed by atoms with van der Waals surface area (Å²) in [5, 5.41) is 19.2. The van der Waals surface area contributed by atoms with Crippen LogP contribution in [0.25, 0.3) is 0 Å². The molecule has 1 atom stereocenters. The van der Waals surface area contributed by atoms with Gasteiger partial charge in [0.05, 0.1) is 18.3 Å². The molecular formula is C14H16BrN3O2. The molecule has 6 heteroatoms. The number of hydrogen-bond donors (Lipinski definition) is 3. The van der Waals surface area contributed by atoms with Crippen LogP contribution < -0.4 is 5.32 Å². The van der Waals surface area contributed by atoms with E-state index in [4.69, 9.17) is 5.11 Å². The van der Waals surface area contributed by atoms with Crippen molar-refractivity contribution in [3.05, 3.63) is 51.8 Å². The number of aromatic nitrogens is 2. The molecule has 0 saturated heterocycles. The molecule has 0 aliphatic rings. The van der Waals surface area contributed by atoms with Gasteiger partial charge in [-0.3, -0.25) is 9.89 Å². The lowest BCUT2D eigenvalue weighted by molar-refractivity contribution is -0.137. The Kier molecular flexibility index (Phi) is 4.92. The summed E-state index contributed by atoms with van der Waals surface area (Å²) in [6.07, 6.45) is 1.78. The van der Waals surface area contributed by atoms with Gasteiger partial charge in [0.2, 0.25) is 0 Å². The summed E-state index contributed by atoms with van der Waals surface area (Å²) in [5.74, 6) is -0.830. The maximum atomic E-state index is 11.0. The molecule has 20 heavy (non-hydrogen) atoms. The highest BCUT2D eigenvalue weighted by molar-refractivity contribution is 9.10. The number of nitrogens with one attached hydrogen (secondary N) is 2. The molecule has 0 radical (unpaired) electrons. The van der Waals surface area contributed by atoms with Crippen molar-refractivity contribution in [1.82, 2.24) is 15.5 Å². The van der Waals surface area contributed by atoms with Gasteiger partial charge >= 0.3 is 5.97 Å². The minimum absolute atomic E-state index is 0.0314. The number of aryl methyl sites for hydroxylation is 1. The predicted octanol–water partition coefficient (Wildman–Crippen LogP) is 2.79. The summed E-state index contributed by atoms with van der Waals surface area (Å²) in [7, 11) is 0. The van der Waals surface area contributed by atoms with Crippen LogP contribution in [0.15, 0.2) is 34.9 Å². The molecule has 1 aromatic carbocycles. The van der Waals surface area contributed by atoms with Crippen LogP contribution in [0.5, 0.6) is 0 Å². The molecule has 2 aromatic rings. The second-order valence-corrected chi connectivity index (χ2v) is 5.53. The number of carbonyl (C=O) groups is 1. The molecule has 0 spiro atoms. The van der Waals surface area contributed by atoms with Gasteiger partial charge in [0, 0.05) is 17.1 Å². The summed E-state index contributed by atoms with van der Waals surface area (Å²) in [4.78, 5) is 11.0. The summed E-state index contributed by atoms with van der Waals surface area (Å²) in [6, 6.07) is 7.43. The van der Waals surface area contributed by atoms with Crippen LogP contribution in [-0.2, 0) is 11.3 Å². The molecule has 0 saturated carbocycles. The van der Waals surface area contributed by atoms with E-state index in [0.717, 1.165) is 21.3 Å². The van der Waals surface area contributed by atoms with Gasteiger partial charge in [-0.1, -0.05) is 28.1 Å². The number of carboxylic acid groups (broad SMARTS) is 1. The maximum absolute atomic E-state index is 11.0. The van der Waals surface area contributed by atoms with Crippen LogP contribution in [0.3, 0.4) is 0 Å². The molecule has 3 N–H and O–H groups in total. The van der Waals surface area contributed by atoms with Crippen LogP contribution in [-0.4, -0.2) is 21.3 Å². The average molecular weight is 338 g/mol. The van der Waals surface area contributed by atoms with Crippen LogP contribution in [0.4, 0.5) is 0 Å². The number of nitrogens with zero attached hydrogens (tertiary/aromatic N) is 1. The average Bonchev–Trinajstić information content (AvgIpc) is 2.80. The Balaban J connectivity index is 2.11. The van der Waals surface area contributed by atoms with E-state index in [1.165, 1.54) is 0 Å². The van der Waals surface area contributed by atoms with E-state index in [9.17, 15) is 4.79 Å². The third-order valence-corrected chi connectivity index (χ3v) is 3.58. The van der Waals surface area contributed by atoms with Gasteiger partial charge in [0.15, 0.2) is 0 Å². The van der Waals surface area contributed by atoms with Gasteiger partial charge in [-0.2, -0.15) is 5.10 Å². The maximum Gasteiger partial charge on any atom is 0.305 e. The summed E-state index contributed by atoms with van der Waals surface area (Å²) in [5.41, 5.74) is 2.97. The lowest BCUT2D eigenvalue weighted by Crippen LogP contribution is -2.24. The molecule has 0 aliphatic heterocycles. The van der Waals surface area contributed by atoms with E-state index in [0.29, 0.717) is 6.54 Å². The minimum atomic E-state index is -0.830. The SMILES string of the molecule is Cc1cn[nH]c1CNC(CC(=O)O)c1cccc(Br)c1. The third-order valence-electron chi connectivity index (χ3n) is 3.09. The van der Waals surface area contributed by atoms with Crippen LogP contribution in [0.1, 0.15) is 29.3 Å². The first-order valence-corrected chi connectivity index (χ1v) is 7.05. The number of aromatic amines is 1. The molecule has 2 rings (SSSR count). The molecule has 1 unspecified atom stereocenters. The van der Waals surface area contributed by atoms with Crippen molar-refractivity contribution in [2.75, 3.05) is 0 Å². The Hall–Kier alpha value is -1.66. The van der Waals surface area contributed by atoms with Crippen molar-refractivity contribution in [2.24, 2.45) is 0 Å². The Labute approximate surface area is 125 Å². The highest BCUT2D eigenvalue weighted by Gasteiger charge is 2.16. The Bertz CT molecular complexity index is 598. The highest BCUT2D eigenvalue weighted by Crippen LogP contribution is 2.21. The van der Waals surface area contributed by atoms with Gasteiger partial charge in [0.1, 0.15) is 0 Å². The fourth-order valence-corrected chi connectivity index (χ4v) is 2.40. The van der Waals surface area contributed by atoms with E-state index < -0.39 is 5.97 Å². The van der Waals surface area contributed by atoms with E-state index in [-0.39, 0.29) is 12.5 Å². The van der Waals surface area contributed by atoms with Crippen molar-refractivity contribution in [3.63, 3.8) is 0 Å². The van der Waals surface area contributed by atoms with E-state index in [2.05, 4.69) is 31.4 Å². The zero-order chi connectivity index (χ0) is 14.5. The lowest BCUT2D eigenvalue weighted by atomic mass is 10.0. The van der Waals surface area contributed by atoms with Crippen molar-refractivity contribution in [2.45, 2.75) is 25.9 Å². The topological polar surface area (TPSA) is 78.0 Å². The number of rotatable bonds is 6. The smallest absolute Gasteiger partial charge is 0.305 e. The predicted molar refractivity (Wildman–Crippen MR) is 79.3 cm³/mol. The Morgan fingerprint density at radius 2 is 2.35 bits per heavy atom. The highest BCUT2D eigenvalue weighted by atomic mass is 79.9. The monoisotopic (exact) mass is 337 g/mol. The van der Waals surface area contributed by atoms with E-state index in [1.54, 1.807) is 6.20 Å². The molecule has 5 nitrogen and oxygen atoms in total. The molecule has 0 amide bonds. The fraction of sp³-hybridized carbons (Fsp3) is 0.286. The molecular weight excluding hydrogens is 322 g/mol. The standard InChI is InChI=1S/C14H16BrN3O2/c1-9-7-17-18-13(9)8-16-12(6-14(19)20)10-3-2-4-11(15)5-10/h2-5,7,12,16H,6,8H2,1H3,(H,17,18)(H,19,20). The van der Waals surface area contributed by atoms with E-state index in [1.807, 2.05) is 31.2 Å². The number of H-pyrrole nitrogens is 1. The zero-order valence-electron chi connectivity index (χ0n) is 11.1. The molecule has 0 bridgehead atoms. The Morgan fingerprint density at radius 3 is 2.95 bits per heavy atom. The van der Waals surface area contributed by atoms with Crippen molar-refractivity contribution >= 4 is 21.9 Å². The number of aliphatic carboxylic acids is 1. The number of carboxylic acids is 1.